The van der Waals surface area contributed by atoms with Crippen LogP contribution >= 0.6 is 11.6 Å². The molecule has 1 atom stereocenters. The van der Waals surface area contributed by atoms with Crippen LogP contribution in [0.3, 0.4) is 0 Å². The van der Waals surface area contributed by atoms with Gasteiger partial charge in [0.05, 0.1) is 5.69 Å². The number of carbonyl (C=O) groups excluding carboxylic acids is 1. The lowest BCUT2D eigenvalue weighted by atomic mass is 9.95. The molecule has 0 spiro atoms. The number of hydrogen-bond acceptors (Lipinski definition) is 4. The van der Waals surface area contributed by atoms with E-state index in [9.17, 15) is 4.79 Å². The second-order valence-corrected chi connectivity index (χ2v) is 9.14. The second kappa shape index (κ2) is 8.31. The quantitative estimate of drug-likeness (QED) is 0.396. The van der Waals surface area contributed by atoms with Crippen LogP contribution in [-0.4, -0.2) is 24.1 Å². The number of carbonyl (C=O) groups is 1. The zero-order valence-electron chi connectivity index (χ0n) is 18.0. The Hall–Kier alpha value is -2.92. The number of nitrogen functional groups attached to an aromatic ring is 1. The molecule has 31 heavy (non-hydrogen) atoms. The third kappa shape index (κ3) is 4.42. The van der Waals surface area contributed by atoms with Crippen molar-refractivity contribution in [1.29, 1.82) is 0 Å². The molecule has 5 nitrogen and oxygen atoms in total. The molecule has 1 amide bonds. The molecule has 0 aromatic heterocycles. The highest BCUT2D eigenvalue weighted by Gasteiger charge is 2.36. The second-order valence-electron chi connectivity index (χ2n) is 8.83. The van der Waals surface area contributed by atoms with Crippen molar-refractivity contribution in [2.45, 2.75) is 38.9 Å². The van der Waals surface area contributed by atoms with E-state index in [1.54, 1.807) is 4.90 Å². The van der Waals surface area contributed by atoms with Crippen LogP contribution in [0.25, 0.3) is 10.8 Å². The molecule has 1 aliphatic rings. The Kier molecular flexibility index (Phi) is 5.71. The molecular formula is C25H27ClN2O3. The van der Waals surface area contributed by atoms with Gasteiger partial charge in [-0.3, -0.25) is 4.90 Å². The fourth-order valence-electron chi connectivity index (χ4n) is 3.95. The molecule has 0 saturated heterocycles. The van der Waals surface area contributed by atoms with Crippen LogP contribution in [0.2, 0.25) is 0 Å². The minimum absolute atomic E-state index is 0.0170. The Labute approximate surface area is 187 Å². The van der Waals surface area contributed by atoms with E-state index in [0.717, 1.165) is 27.6 Å². The van der Waals surface area contributed by atoms with Gasteiger partial charge in [0.25, 0.3) is 0 Å². The maximum atomic E-state index is 13.0. The molecule has 2 N–H and O–H groups in total. The van der Waals surface area contributed by atoms with Crippen LogP contribution in [0.15, 0.2) is 54.6 Å². The first-order valence-corrected chi connectivity index (χ1v) is 10.9. The van der Waals surface area contributed by atoms with Crippen molar-refractivity contribution in [3.05, 3.63) is 65.7 Å². The van der Waals surface area contributed by atoms with Gasteiger partial charge in [-0.15, -0.1) is 11.6 Å². The van der Waals surface area contributed by atoms with E-state index in [1.807, 2.05) is 75.4 Å². The normalized spacial score (nSPS) is 15.7. The highest BCUT2D eigenvalue weighted by atomic mass is 35.5. The van der Waals surface area contributed by atoms with Crippen LogP contribution < -0.4 is 15.4 Å². The van der Waals surface area contributed by atoms with Gasteiger partial charge in [-0.1, -0.05) is 30.3 Å². The molecule has 0 aliphatic carbocycles. The van der Waals surface area contributed by atoms with Gasteiger partial charge in [0.1, 0.15) is 18.0 Å². The molecule has 0 fully saturated rings. The average molecular weight is 439 g/mol. The maximum absolute atomic E-state index is 13.0. The first-order valence-electron chi connectivity index (χ1n) is 10.4. The van der Waals surface area contributed by atoms with Crippen molar-refractivity contribution in [2.75, 3.05) is 23.1 Å². The lowest BCUT2D eigenvalue weighted by Crippen LogP contribution is -2.36. The predicted octanol–water partition coefficient (Wildman–Crippen LogP) is 6.08. The first kappa shape index (κ1) is 21.3. The topological polar surface area (TPSA) is 64.8 Å². The Morgan fingerprint density at radius 3 is 2.55 bits per heavy atom. The molecule has 0 radical (unpaired) electrons. The lowest BCUT2D eigenvalue weighted by Gasteiger charge is -2.25. The summed E-state index contributed by atoms with van der Waals surface area (Å²) in [6.45, 7) is 6.45. The number of alkyl halides is 1. The number of benzene rings is 3. The van der Waals surface area contributed by atoms with E-state index in [1.165, 1.54) is 0 Å². The molecule has 0 saturated carbocycles. The van der Waals surface area contributed by atoms with Crippen LogP contribution in [0.4, 0.5) is 16.2 Å². The van der Waals surface area contributed by atoms with E-state index < -0.39 is 11.7 Å². The standard InChI is InChI=1S/C25H27ClN2O3/c1-25(2,3)31-24(29)28-14-17(13-26)23-20-11-18(27)9-10-19(20)22(12-21(23)28)30-15-16-7-5-4-6-8-16/h4-12,17H,13-15,27H2,1-3H3/t17-/m0/s1. The lowest BCUT2D eigenvalue weighted by molar-refractivity contribution is 0.0582. The number of ether oxygens (including phenoxy) is 2. The summed E-state index contributed by atoms with van der Waals surface area (Å²) >= 11 is 6.32. The van der Waals surface area contributed by atoms with Gasteiger partial charge in [-0.2, -0.15) is 0 Å². The van der Waals surface area contributed by atoms with Crippen LogP contribution in [0.5, 0.6) is 5.75 Å². The fraction of sp³-hybridized carbons (Fsp3) is 0.320. The zero-order valence-corrected chi connectivity index (χ0v) is 18.8. The summed E-state index contributed by atoms with van der Waals surface area (Å²) < 4.78 is 11.9. The van der Waals surface area contributed by atoms with Crippen LogP contribution in [-0.2, 0) is 11.3 Å². The number of anilines is 2. The number of fused-ring (bicyclic) bond motifs is 3. The molecule has 1 heterocycles. The Morgan fingerprint density at radius 2 is 1.87 bits per heavy atom. The number of nitrogens with two attached hydrogens (primary N) is 1. The van der Waals surface area contributed by atoms with E-state index >= 15 is 0 Å². The zero-order chi connectivity index (χ0) is 22.2. The van der Waals surface area contributed by atoms with E-state index in [0.29, 0.717) is 30.5 Å². The maximum Gasteiger partial charge on any atom is 0.414 e. The highest BCUT2D eigenvalue weighted by molar-refractivity contribution is 6.19. The van der Waals surface area contributed by atoms with Crippen molar-refractivity contribution in [3.63, 3.8) is 0 Å². The van der Waals surface area contributed by atoms with Crippen molar-refractivity contribution in [1.82, 2.24) is 0 Å². The summed E-state index contributed by atoms with van der Waals surface area (Å²) in [7, 11) is 0. The van der Waals surface area contributed by atoms with Gasteiger partial charge in [0, 0.05) is 35.5 Å². The number of hydrogen-bond donors (Lipinski definition) is 1. The molecule has 4 rings (SSSR count). The molecule has 162 valence electrons. The van der Waals surface area contributed by atoms with Gasteiger partial charge in [0.15, 0.2) is 0 Å². The monoisotopic (exact) mass is 438 g/mol. The van der Waals surface area contributed by atoms with Gasteiger partial charge < -0.3 is 15.2 Å². The Morgan fingerprint density at radius 1 is 1.13 bits per heavy atom. The summed E-state index contributed by atoms with van der Waals surface area (Å²) in [6.07, 6.45) is -0.390. The highest BCUT2D eigenvalue weighted by Crippen LogP contribution is 2.46. The molecule has 0 unspecified atom stereocenters. The molecular weight excluding hydrogens is 412 g/mol. The number of halogens is 1. The summed E-state index contributed by atoms with van der Waals surface area (Å²) in [6, 6.07) is 17.7. The fourth-order valence-corrected chi connectivity index (χ4v) is 4.20. The van der Waals surface area contributed by atoms with Crippen molar-refractivity contribution in [2.24, 2.45) is 0 Å². The van der Waals surface area contributed by atoms with Crippen LogP contribution in [0, 0.1) is 0 Å². The minimum Gasteiger partial charge on any atom is -0.488 e. The van der Waals surface area contributed by atoms with E-state index in [-0.39, 0.29) is 5.92 Å². The van der Waals surface area contributed by atoms with Crippen molar-refractivity contribution < 1.29 is 14.3 Å². The molecule has 6 heteroatoms. The largest absolute Gasteiger partial charge is 0.488 e. The Bertz CT molecular complexity index is 1110. The van der Waals surface area contributed by atoms with Gasteiger partial charge in [0.2, 0.25) is 0 Å². The van der Waals surface area contributed by atoms with Crippen molar-refractivity contribution in [3.8, 4) is 5.75 Å². The molecule has 3 aromatic rings. The first-order chi connectivity index (χ1) is 14.8. The van der Waals surface area contributed by atoms with Gasteiger partial charge >= 0.3 is 6.09 Å². The average Bonchev–Trinajstić information content (AvgIpc) is 3.10. The summed E-state index contributed by atoms with van der Waals surface area (Å²) in [5.41, 5.74) is 9.02. The third-order valence-electron chi connectivity index (χ3n) is 5.28. The summed E-state index contributed by atoms with van der Waals surface area (Å²) in [4.78, 5) is 14.6. The Balaban J connectivity index is 1.81. The molecule has 3 aromatic carbocycles. The number of nitrogens with zero attached hydrogens (tertiary/aromatic N) is 1. The predicted molar refractivity (Wildman–Crippen MR) is 126 cm³/mol. The van der Waals surface area contributed by atoms with E-state index in [2.05, 4.69) is 0 Å². The summed E-state index contributed by atoms with van der Waals surface area (Å²) in [5.74, 6) is 1.07. The molecule has 0 bridgehead atoms. The SMILES string of the molecule is CC(C)(C)OC(=O)N1C[C@H](CCl)c2c1cc(OCc1ccccc1)c1ccc(N)cc21. The van der Waals surface area contributed by atoms with Gasteiger partial charge in [-0.05, 0) is 55.5 Å². The number of rotatable bonds is 4. The molecule has 1 aliphatic heterocycles. The number of amides is 1. The summed E-state index contributed by atoms with van der Waals surface area (Å²) in [5, 5.41) is 1.90. The van der Waals surface area contributed by atoms with E-state index in [4.69, 9.17) is 26.8 Å². The minimum atomic E-state index is -0.593. The van der Waals surface area contributed by atoms with Crippen molar-refractivity contribution >= 4 is 39.8 Å². The third-order valence-corrected chi connectivity index (χ3v) is 5.65. The smallest absolute Gasteiger partial charge is 0.414 e. The van der Waals surface area contributed by atoms with Gasteiger partial charge in [-0.25, -0.2) is 4.79 Å². The van der Waals surface area contributed by atoms with Crippen LogP contribution in [0.1, 0.15) is 37.8 Å².